The number of aromatic nitrogens is 1. The van der Waals surface area contributed by atoms with E-state index in [-0.39, 0.29) is 23.6 Å². The molecule has 0 saturated carbocycles. The van der Waals surface area contributed by atoms with Crippen LogP contribution in [0.4, 0.5) is 0 Å². The number of rotatable bonds is 9. The lowest BCUT2D eigenvalue weighted by molar-refractivity contribution is -0.136. The van der Waals surface area contributed by atoms with Crippen LogP contribution in [0.1, 0.15) is 22.5 Å². The zero-order valence-electron chi connectivity index (χ0n) is 17.1. The molecule has 2 aromatic carbocycles. The Bertz CT molecular complexity index is 1420. The molecule has 0 saturated heterocycles. The fourth-order valence-electron chi connectivity index (χ4n) is 2.96. The first kappa shape index (κ1) is 22.6. The van der Waals surface area contributed by atoms with E-state index in [2.05, 4.69) is 9.71 Å². The van der Waals surface area contributed by atoms with Crippen molar-refractivity contribution in [2.45, 2.75) is 11.3 Å². The Morgan fingerprint density at radius 2 is 1.82 bits per heavy atom. The van der Waals surface area contributed by atoms with E-state index in [4.69, 9.17) is 9.52 Å². The van der Waals surface area contributed by atoms with Crippen molar-refractivity contribution in [3.8, 4) is 10.8 Å². The number of carbonyl (C=O) groups is 2. The maximum atomic E-state index is 12.5. The van der Waals surface area contributed by atoms with Crippen LogP contribution in [-0.2, 0) is 14.8 Å². The molecule has 0 bridgehead atoms. The van der Waals surface area contributed by atoms with E-state index in [9.17, 15) is 18.0 Å². The number of allylic oxidation sites excluding steroid dienone is 1. The van der Waals surface area contributed by atoms with Gasteiger partial charge in [-0.2, -0.15) is 0 Å². The van der Waals surface area contributed by atoms with E-state index in [1.54, 1.807) is 12.1 Å². The Balaban J connectivity index is 1.42. The second kappa shape index (κ2) is 9.49. The maximum absolute atomic E-state index is 12.5. The van der Waals surface area contributed by atoms with Crippen LogP contribution in [0.15, 0.2) is 76.1 Å². The molecule has 4 aromatic rings. The molecule has 0 atom stereocenters. The normalized spacial score (nSPS) is 11.9. The molecule has 4 rings (SSSR count). The number of fused-ring (bicyclic) bond motifs is 1. The number of nitrogens with one attached hydrogen (secondary N) is 1. The molecule has 0 aliphatic carbocycles. The van der Waals surface area contributed by atoms with Gasteiger partial charge in [-0.25, -0.2) is 18.1 Å². The molecule has 2 heterocycles. The number of carboxylic acid groups (broad SMARTS) is 1. The van der Waals surface area contributed by atoms with Crippen LogP contribution in [0.5, 0.6) is 0 Å². The topological polar surface area (TPSA) is 127 Å². The van der Waals surface area contributed by atoms with E-state index >= 15 is 0 Å². The average Bonchev–Trinajstić information content (AvgIpc) is 3.44. The molecular weight excluding hydrogens is 464 g/mol. The summed E-state index contributed by atoms with van der Waals surface area (Å²) in [6.45, 7) is -0.219. The number of aliphatic carboxylic acids is 1. The van der Waals surface area contributed by atoms with E-state index in [0.29, 0.717) is 17.1 Å². The highest BCUT2D eigenvalue weighted by molar-refractivity contribution is 7.89. The standard InChI is InChI=1S/C23H18N2O6S2/c26-19(15-5-9-17(10-6-15)33(29,30)24-14-13-22(27)28)11-7-16-8-12-20(31-16)23-25-18-3-1-2-4-21(18)32-23/h1-12,24H,13-14H2,(H,27,28)/b11-7+. The van der Waals surface area contributed by atoms with Gasteiger partial charge in [-0.1, -0.05) is 12.1 Å². The van der Waals surface area contributed by atoms with Crippen molar-refractivity contribution in [3.05, 3.63) is 78.1 Å². The van der Waals surface area contributed by atoms with Crippen molar-refractivity contribution in [1.82, 2.24) is 9.71 Å². The van der Waals surface area contributed by atoms with Gasteiger partial charge in [0, 0.05) is 12.1 Å². The first-order valence-electron chi connectivity index (χ1n) is 9.81. The molecule has 0 aliphatic heterocycles. The van der Waals surface area contributed by atoms with Crippen molar-refractivity contribution in [1.29, 1.82) is 0 Å². The van der Waals surface area contributed by atoms with Crippen LogP contribution < -0.4 is 4.72 Å². The van der Waals surface area contributed by atoms with Crippen molar-refractivity contribution < 1.29 is 27.5 Å². The Morgan fingerprint density at radius 1 is 1.06 bits per heavy atom. The number of para-hydroxylation sites is 1. The molecule has 2 aromatic heterocycles. The third kappa shape index (κ3) is 5.43. The minimum atomic E-state index is -3.85. The van der Waals surface area contributed by atoms with Crippen molar-refractivity contribution in [2.75, 3.05) is 6.54 Å². The number of carbonyl (C=O) groups excluding carboxylic acids is 1. The SMILES string of the molecule is O=C(O)CCNS(=O)(=O)c1ccc(C(=O)/C=C/c2ccc(-c3nc4ccccc4s3)o2)cc1. The molecule has 10 heteroatoms. The van der Waals surface area contributed by atoms with Crippen LogP contribution in [0.2, 0.25) is 0 Å². The van der Waals surface area contributed by atoms with Crippen LogP contribution in [0.3, 0.4) is 0 Å². The zero-order chi connectivity index (χ0) is 23.4. The summed E-state index contributed by atoms with van der Waals surface area (Å²) in [4.78, 5) is 27.5. The highest BCUT2D eigenvalue weighted by Crippen LogP contribution is 2.31. The first-order chi connectivity index (χ1) is 15.8. The summed E-state index contributed by atoms with van der Waals surface area (Å²) >= 11 is 1.52. The number of hydrogen-bond acceptors (Lipinski definition) is 7. The second-order valence-electron chi connectivity index (χ2n) is 6.95. The molecule has 0 fully saturated rings. The predicted octanol–water partition coefficient (Wildman–Crippen LogP) is 4.21. The molecule has 0 spiro atoms. The molecule has 0 radical (unpaired) electrons. The number of furan rings is 1. The summed E-state index contributed by atoms with van der Waals surface area (Å²) in [5, 5.41) is 9.36. The first-order valence-corrected chi connectivity index (χ1v) is 12.1. The number of ketones is 1. The summed E-state index contributed by atoms with van der Waals surface area (Å²) in [5.74, 6) is -0.336. The maximum Gasteiger partial charge on any atom is 0.304 e. The number of carboxylic acids is 1. The highest BCUT2D eigenvalue weighted by Gasteiger charge is 2.15. The molecular formula is C23H18N2O6S2. The second-order valence-corrected chi connectivity index (χ2v) is 9.75. The third-order valence-electron chi connectivity index (χ3n) is 4.61. The van der Waals surface area contributed by atoms with Crippen molar-refractivity contribution in [3.63, 3.8) is 0 Å². The Labute approximate surface area is 193 Å². The summed E-state index contributed by atoms with van der Waals surface area (Å²) in [6.07, 6.45) is 2.56. The molecule has 0 unspecified atom stereocenters. The van der Waals surface area contributed by atoms with Gasteiger partial charge in [-0.15, -0.1) is 11.3 Å². The van der Waals surface area contributed by atoms with Gasteiger partial charge in [0.05, 0.1) is 21.5 Å². The van der Waals surface area contributed by atoms with E-state index in [1.165, 1.54) is 47.8 Å². The lowest BCUT2D eigenvalue weighted by atomic mass is 10.1. The number of sulfonamides is 1. The minimum Gasteiger partial charge on any atom is -0.481 e. The van der Waals surface area contributed by atoms with Gasteiger partial charge in [0.2, 0.25) is 10.0 Å². The molecule has 8 nitrogen and oxygen atoms in total. The predicted molar refractivity (Wildman–Crippen MR) is 125 cm³/mol. The van der Waals surface area contributed by atoms with Crippen LogP contribution in [0.25, 0.3) is 27.1 Å². The van der Waals surface area contributed by atoms with E-state index in [1.807, 2.05) is 24.3 Å². The summed E-state index contributed by atoms with van der Waals surface area (Å²) < 4.78 is 33.4. The zero-order valence-corrected chi connectivity index (χ0v) is 18.7. The van der Waals surface area contributed by atoms with Crippen molar-refractivity contribution in [2.24, 2.45) is 0 Å². The molecule has 0 amide bonds. The smallest absolute Gasteiger partial charge is 0.304 e. The largest absolute Gasteiger partial charge is 0.481 e. The van der Waals surface area contributed by atoms with Gasteiger partial charge in [0.15, 0.2) is 16.6 Å². The van der Waals surface area contributed by atoms with Gasteiger partial charge in [0.25, 0.3) is 0 Å². The number of nitrogens with zero attached hydrogens (tertiary/aromatic N) is 1. The highest BCUT2D eigenvalue weighted by atomic mass is 32.2. The molecule has 168 valence electrons. The summed E-state index contributed by atoms with van der Waals surface area (Å²) in [6, 6.07) is 16.7. The van der Waals surface area contributed by atoms with Gasteiger partial charge < -0.3 is 9.52 Å². The molecule has 0 aliphatic rings. The fraction of sp³-hybridized carbons (Fsp3) is 0.0870. The number of benzene rings is 2. The quantitative estimate of drug-likeness (QED) is 0.270. The summed E-state index contributed by atoms with van der Waals surface area (Å²) in [7, 11) is -3.85. The number of hydrogen-bond donors (Lipinski definition) is 2. The lowest BCUT2D eigenvalue weighted by Gasteiger charge is -2.06. The van der Waals surface area contributed by atoms with Gasteiger partial charge in [-0.05, 0) is 60.7 Å². The van der Waals surface area contributed by atoms with Crippen LogP contribution in [-0.4, -0.2) is 36.8 Å². The van der Waals surface area contributed by atoms with Gasteiger partial charge in [-0.3, -0.25) is 9.59 Å². The van der Waals surface area contributed by atoms with E-state index < -0.39 is 16.0 Å². The Hall–Kier alpha value is -3.60. The van der Waals surface area contributed by atoms with Crippen molar-refractivity contribution >= 4 is 49.4 Å². The Morgan fingerprint density at radius 3 is 2.55 bits per heavy atom. The minimum absolute atomic E-state index is 0.0556. The Kier molecular flexibility index (Phi) is 6.50. The molecule has 33 heavy (non-hydrogen) atoms. The lowest BCUT2D eigenvalue weighted by Crippen LogP contribution is -2.26. The van der Waals surface area contributed by atoms with E-state index in [0.717, 1.165) is 15.2 Å². The number of thiazole rings is 1. The summed E-state index contributed by atoms with van der Waals surface area (Å²) in [5.41, 5.74) is 1.19. The van der Waals surface area contributed by atoms with Gasteiger partial charge in [0.1, 0.15) is 5.76 Å². The fourth-order valence-corrected chi connectivity index (χ4v) is 4.92. The van der Waals surface area contributed by atoms with Crippen LogP contribution in [0, 0.1) is 0 Å². The van der Waals surface area contributed by atoms with Gasteiger partial charge >= 0.3 is 5.97 Å². The van der Waals surface area contributed by atoms with Crippen LogP contribution >= 0.6 is 11.3 Å². The monoisotopic (exact) mass is 482 g/mol. The molecule has 2 N–H and O–H groups in total. The third-order valence-corrected chi connectivity index (χ3v) is 7.14. The average molecular weight is 483 g/mol.